The summed E-state index contributed by atoms with van der Waals surface area (Å²) in [7, 11) is -3.83. The van der Waals surface area contributed by atoms with Gasteiger partial charge < -0.3 is 29.5 Å². The first-order valence-electron chi connectivity index (χ1n) is 12.7. The Morgan fingerprint density at radius 3 is 2.79 bits per heavy atom. The van der Waals surface area contributed by atoms with Gasteiger partial charge in [0.05, 0.1) is 24.3 Å². The summed E-state index contributed by atoms with van der Waals surface area (Å²) < 4.78 is 31.4. The van der Waals surface area contributed by atoms with E-state index in [0.717, 1.165) is 5.56 Å². The highest BCUT2D eigenvalue weighted by Gasteiger charge is 2.23. The molecule has 0 bridgehead atoms. The molecule has 2 aromatic carbocycles. The summed E-state index contributed by atoms with van der Waals surface area (Å²) in [6, 6.07) is 10.0. The summed E-state index contributed by atoms with van der Waals surface area (Å²) in [5.41, 5.74) is 2.51. The molecule has 0 amide bonds. The number of hydrogen-bond donors (Lipinski definition) is 4. The first-order chi connectivity index (χ1) is 20.1. The average molecular weight is 617 g/mol. The van der Waals surface area contributed by atoms with Gasteiger partial charge in [-0.25, -0.2) is 9.37 Å². The van der Waals surface area contributed by atoms with E-state index in [2.05, 4.69) is 38.4 Å². The van der Waals surface area contributed by atoms with Crippen molar-refractivity contribution in [2.75, 3.05) is 43.3 Å². The minimum Gasteiger partial charge on any atom is -0.465 e. The smallest absolute Gasteiger partial charge is 0.248 e. The van der Waals surface area contributed by atoms with Crippen LogP contribution in [0.4, 0.5) is 21.7 Å². The lowest BCUT2D eigenvalue weighted by atomic mass is 10.0. The number of halogens is 2. The summed E-state index contributed by atoms with van der Waals surface area (Å²) in [6.45, 7) is 4.61. The van der Waals surface area contributed by atoms with Crippen molar-refractivity contribution in [3.05, 3.63) is 65.6 Å². The van der Waals surface area contributed by atoms with Gasteiger partial charge in [0.15, 0.2) is 29.8 Å². The molecule has 12 nitrogen and oxygen atoms in total. The summed E-state index contributed by atoms with van der Waals surface area (Å²) >= 11 is 6.38. The third-order valence-corrected chi connectivity index (χ3v) is 7.05. The van der Waals surface area contributed by atoms with Gasteiger partial charge in [-0.1, -0.05) is 36.4 Å². The van der Waals surface area contributed by atoms with Crippen LogP contribution in [0, 0.1) is 5.82 Å². The van der Waals surface area contributed by atoms with E-state index in [1.165, 1.54) is 18.2 Å². The van der Waals surface area contributed by atoms with Crippen molar-refractivity contribution in [1.82, 2.24) is 20.2 Å². The number of H-pyrrole nitrogens is 1. The molecule has 15 heteroatoms. The monoisotopic (exact) mass is 616 g/mol. The molecule has 1 fully saturated rings. The number of hydrogen-bond acceptors (Lipinski definition) is 11. The molecule has 1 aliphatic heterocycles. The lowest BCUT2D eigenvalue weighted by Gasteiger charge is -2.31. The molecule has 0 aliphatic carbocycles. The number of nitrogens with zero attached hydrogens (tertiary/aromatic N) is 4. The average Bonchev–Trinajstić information content (AvgIpc) is 3.32. The van der Waals surface area contributed by atoms with Gasteiger partial charge >= 0.3 is 0 Å². The van der Waals surface area contributed by atoms with E-state index in [-0.39, 0.29) is 46.1 Å². The zero-order valence-corrected chi connectivity index (χ0v) is 23.9. The molecule has 4 aromatic rings. The molecular weight excluding hydrogens is 590 g/mol. The Bertz CT molecular complexity index is 1690. The number of nitrogens with one attached hydrogen (secondary N) is 2. The van der Waals surface area contributed by atoms with Gasteiger partial charge in [0.2, 0.25) is 13.5 Å². The highest BCUT2D eigenvalue weighted by Crippen LogP contribution is 2.39. The number of aromatic nitrogens is 4. The maximum absolute atomic E-state index is 15.6. The van der Waals surface area contributed by atoms with Crippen LogP contribution in [0.3, 0.4) is 0 Å². The number of ether oxygens (including phenoxy) is 2. The molecule has 3 heterocycles. The largest absolute Gasteiger partial charge is 0.465 e. The number of anilines is 3. The molecule has 0 spiro atoms. The van der Waals surface area contributed by atoms with Crippen molar-refractivity contribution in [1.29, 1.82) is 0 Å². The lowest BCUT2D eigenvalue weighted by molar-refractivity contribution is -0.114. The van der Waals surface area contributed by atoms with Crippen LogP contribution in [0.5, 0.6) is 5.75 Å². The van der Waals surface area contributed by atoms with E-state index in [4.69, 9.17) is 25.6 Å². The Labute approximate surface area is 244 Å². The Morgan fingerprint density at radius 2 is 2.05 bits per heavy atom. The Morgan fingerprint density at radius 1 is 1.26 bits per heavy atom. The predicted molar refractivity (Wildman–Crippen MR) is 159 cm³/mol. The van der Waals surface area contributed by atoms with Crippen LogP contribution in [0.2, 0.25) is 5.15 Å². The summed E-state index contributed by atoms with van der Waals surface area (Å²) in [6.07, 6.45) is 4.57. The van der Waals surface area contributed by atoms with Crippen molar-refractivity contribution in [3.8, 4) is 17.0 Å². The maximum atomic E-state index is 15.6. The van der Waals surface area contributed by atoms with Gasteiger partial charge in [-0.05, 0) is 30.1 Å². The van der Waals surface area contributed by atoms with Gasteiger partial charge in [-0.2, -0.15) is 10.1 Å². The topological polar surface area (TPSA) is 155 Å². The number of fused-ring (bicyclic) bond motifs is 1. The Hall–Kier alpha value is -3.84. The van der Waals surface area contributed by atoms with Crippen LogP contribution in [0.1, 0.15) is 5.56 Å². The van der Waals surface area contributed by atoms with E-state index in [1.54, 1.807) is 11.0 Å². The molecule has 42 heavy (non-hydrogen) atoms. The van der Waals surface area contributed by atoms with E-state index in [1.807, 2.05) is 18.2 Å². The first-order valence-corrected chi connectivity index (χ1v) is 14.8. The zero-order valence-electron chi connectivity index (χ0n) is 22.2. The van der Waals surface area contributed by atoms with Gasteiger partial charge in [0.25, 0.3) is 0 Å². The van der Waals surface area contributed by atoms with Crippen LogP contribution in [-0.4, -0.2) is 75.1 Å². The van der Waals surface area contributed by atoms with Crippen LogP contribution in [0.25, 0.3) is 22.3 Å². The summed E-state index contributed by atoms with van der Waals surface area (Å²) in [5.74, 6) is -0.571. The highest BCUT2D eigenvalue weighted by atomic mass is 35.5. The first kappa shape index (κ1) is 29.6. The van der Waals surface area contributed by atoms with Crippen LogP contribution in [-0.2, 0) is 20.5 Å². The molecule has 4 N–H and O–H groups in total. The fraction of sp³-hybridized carbons (Fsp3) is 0.222. The fourth-order valence-electron chi connectivity index (χ4n) is 4.41. The van der Waals surface area contributed by atoms with E-state index in [9.17, 15) is 14.6 Å². The van der Waals surface area contributed by atoms with Crippen molar-refractivity contribution < 1.29 is 33.0 Å². The van der Waals surface area contributed by atoms with Crippen LogP contribution < -0.4 is 15.0 Å². The molecule has 1 aliphatic rings. The number of rotatable bonds is 11. The Kier molecular flexibility index (Phi) is 8.88. The summed E-state index contributed by atoms with van der Waals surface area (Å²) in [5, 5.41) is 10.6. The van der Waals surface area contributed by atoms with Gasteiger partial charge in [-0.3, -0.25) is 14.4 Å². The van der Waals surface area contributed by atoms with Crippen molar-refractivity contribution >= 4 is 59.6 Å². The molecule has 0 saturated carbocycles. The highest BCUT2D eigenvalue weighted by molar-refractivity contribution is 7.57. The van der Waals surface area contributed by atoms with Crippen molar-refractivity contribution in [2.45, 2.75) is 6.42 Å². The lowest BCUT2D eigenvalue weighted by Crippen LogP contribution is -2.37. The summed E-state index contributed by atoms with van der Waals surface area (Å²) in [4.78, 5) is 41.7. The molecular formula is C27H27ClFN6O6P. The third-order valence-electron chi connectivity index (χ3n) is 6.26. The number of carbonyl (C=O) groups is 1. The standard InChI is InChI=1S/C27H27ClFN6O6P/c1-3-19(36)12-16-5-4-6-17(11-16)23-22-25(28)33-34-26(22)32-27(31-23)30-18-13-20(29)24(35-7-9-39-10-8-35)21(14-18)40-15-41-42(2,37)38/h3-6,11,13-14,37-38H,1-2,7-10,12,15H2,(H2,30,31,32,33,34). The quantitative estimate of drug-likeness (QED) is 0.109. The van der Waals surface area contributed by atoms with E-state index >= 15 is 4.39 Å². The molecule has 0 unspecified atom stereocenters. The second-order valence-electron chi connectivity index (χ2n) is 9.26. The van der Waals surface area contributed by atoms with Gasteiger partial charge in [-0.15, -0.1) is 0 Å². The van der Waals surface area contributed by atoms with E-state index in [0.29, 0.717) is 42.9 Å². The minimum absolute atomic E-state index is 0.0801. The molecule has 0 atom stereocenters. The van der Waals surface area contributed by atoms with Crippen LogP contribution >= 0.6 is 19.2 Å². The second kappa shape index (κ2) is 12.6. The SMILES string of the molecule is C=CC(=O)Cc1cccc(-c2nc(Nc3cc(F)c(N4CCOCC4)c(OCOP(=C)(O)O)c3)nc3n[nH]c(Cl)c23)c1. The number of morpholine rings is 1. The van der Waals surface area contributed by atoms with Gasteiger partial charge in [0.1, 0.15) is 10.8 Å². The maximum Gasteiger partial charge on any atom is 0.248 e. The normalized spacial score (nSPS) is 13.8. The van der Waals surface area contributed by atoms with Gasteiger partial charge in [0, 0.05) is 36.8 Å². The van der Waals surface area contributed by atoms with Crippen LogP contribution in [0.15, 0.2) is 49.1 Å². The molecule has 2 aromatic heterocycles. The fourth-order valence-corrected chi connectivity index (χ4v) is 4.85. The molecule has 1 saturated heterocycles. The number of aromatic amines is 1. The molecule has 0 radical (unpaired) electrons. The second-order valence-corrected chi connectivity index (χ2v) is 11.2. The predicted octanol–water partition coefficient (Wildman–Crippen LogP) is 4.22. The number of allylic oxidation sites excluding steroid dienone is 1. The number of carbonyl (C=O) groups excluding carboxylic acids is 1. The van der Waals surface area contributed by atoms with Crippen molar-refractivity contribution in [2.24, 2.45) is 0 Å². The number of ketones is 1. The number of benzene rings is 2. The Balaban J connectivity index is 1.52. The minimum atomic E-state index is -3.83. The van der Waals surface area contributed by atoms with E-state index < -0.39 is 20.2 Å². The third kappa shape index (κ3) is 6.96. The molecule has 5 rings (SSSR count). The van der Waals surface area contributed by atoms with Crippen molar-refractivity contribution in [3.63, 3.8) is 0 Å². The zero-order chi connectivity index (χ0) is 29.9. The molecule has 220 valence electrons.